The number of carbonyl (C=O) groups is 2. The van der Waals surface area contributed by atoms with Crippen LogP contribution in [-0.4, -0.2) is 65.7 Å². The van der Waals surface area contributed by atoms with Crippen molar-refractivity contribution in [3.8, 4) is 0 Å². The van der Waals surface area contributed by atoms with Crippen molar-refractivity contribution in [2.45, 2.75) is 116 Å². The largest absolute Gasteiger partial charge is 0.472 e. The Morgan fingerprint density at radius 3 is 1.62 bits per heavy atom. The third-order valence-corrected chi connectivity index (χ3v) is 6.43. The van der Waals surface area contributed by atoms with Gasteiger partial charge in [0, 0.05) is 12.8 Å². The van der Waals surface area contributed by atoms with E-state index in [1.165, 1.54) is 19.3 Å². The number of ether oxygens (including phenoxy) is 2. The second-order valence-corrected chi connectivity index (χ2v) is 10.5. The first kappa shape index (κ1) is 35.7. The van der Waals surface area contributed by atoms with Gasteiger partial charge in [-0.2, -0.15) is 0 Å². The van der Waals surface area contributed by atoms with Crippen LogP contribution in [0, 0.1) is 0 Å². The fourth-order valence-corrected chi connectivity index (χ4v) is 4.04. The average molecular weight is 553 g/mol. The summed E-state index contributed by atoms with van der Waals surface area (Å²) in [6.07, 6.45) is 14.8. The predicted octanol–water partition coefficient (Wildman–Crippen LogP) is 4.99. The zero-order valence-electron chi connectivity index (χ0n) is 22.7. The molecule has 0 aliphatic heterocycles. The van der Waals surface area contributed by atoms with Crippen molar-refractivity contribution in [3.63, 3.8) is 0 Å². The SMILES string of the molecule is CCCCC/C=C\CCCCCCCC(=O)OC(CO)COP(=O)(O)OCC(CO)OC(=O)CCCC. The Hall–Kier alpha value is -1.29. The van der Waals surface area contributed by atoms with Crippen LogP contribution in [0.15, 0.2) is 12.2 Å². The summed E-state index contributed by atoms with van der Waals surface area (Å²) < 4.78 is 31.7. The molecule has 37 heavy (non-hydrogen) atoms. The van der Waals surface area contributed by atoms with Crippen molar-refractivity contribution >= 4 is 19.8 Å². The number of aliphatic hydroxyl groups is 2. The van der Waals surface area contributed by atoms with Gasteiger partial charge in [0.25, 0.3) is 0 Å². The number of phosphoric acid groups is 1. The molecule has 0 saturated heterocycles. The molecule has 10 nitrogen and oxygen atoms in total. The van der Waals surface area contributed by atoms with E-state index in [2.05, 4.69) is 19.1 Å². The van der Waals surface area contributed by atoms with Crippen LogP contribution in [-0.2, 0) is 32.7 Å². The number of aliphatic hydroxyl groups excluding tert-OH is 2. The molecule has 0 radical (unpaired) electrons. The van der Waals surface area contributed by atoms with Crippen LogP contribution in [0.4, 0.5) is 0 Å². The van der Waals surface area contributed by atoms with Gasteiger partial charge in [0.1, 0.15) is 12.2 Å². The third-order valence-electron chi connectivity index (χ3n) is 5.48. The van der Waals surface area contributed by atoms with Gasteiger partial charge in [0.2, 0.25) is 0 Å². The van der Waals surface area contributed by atoms with Crippen molar-refractivity contribution in [1.29, 1.82) is 0 Å². The van der Waals surface area contributed by atoms with Crippen molar-refractivity contribution in [2.75, 3.05) is 26.4 Å². The summed E-state index contributed by atoms with van der Waals surface area (Å²) in [5.74, 6) is -1.07. The lowest BCUT2D eigenvalue weighted by Crippen LogP contribution is -2.28. The zero-order chi connectivity index (χ0) is 27.8. The van der Waals surface area contributed by atoms with Crippen LogP contribution >= 0.6 is 7.82 Å². The maximum absolute atomic E-state index is 12.1. The molecule has 0 aromatic rings. The molecule has 0 aromatic heterocycles. The lowest BCUT2D eigenvalue weighted by molar-refractivity contribution is -0.153. The fraction of sp³-hybridized carbons (Fsp3) is 0.846. The summed E-state index contributed by atoms with van der Waals surface area (Å²) in [6, 6.07) is 0. The Morgan fingerprint density at radius 1 is 0.703 bits per heavy atom. The minimum atomic E-state index is -4.59. The number of allylic oxidation sites excluding steroid dienone is 2. The van der Waals surface area contributed by atoms with E-state index < -0.39 is 58.4 Å². The first-order valence-corrected chi connectivity index (χ1v) is 15.1. The van der Waals surface area contributed by atoms with E-state index in [0.29, 0.717) is 12.8 Å². The van der Waals surface area contributed by atoms with Gasteiger partial charge in [0.05, 0.1) is 26.4 Å². The summed E-state index contributed by atoms with van der Waals surface area (Å²) in [6.45, 7) is 1.82. The summed E-state index contributed by atoms with van der Waals surface area (Å²) in [4.78, 5) is 33.4. The smallest absolute Gasteiger partial charge is 0.457 e. The van der Waals surface area contributed by atoms with E-state index in [0.717, 1.165) is 44.9 Å². The van der Waals surface area contributed by atoms with Gasteiger partial charge >= 0.3 is 19.8 Å². The molecule has 0 saturated carbocycles. The normalized spacial score (nSPS) is 14.8. The monoisotopic (exact) mass is 552 g/mol. The van der Waals surface area contributed by atoms with Gasteiger partial charge < -0.3 is 24.6 Å². The van der Waals surface area contributed by atoms with Crippen molar-refractivity contribution in [1.82, 2.24) is 0 Å². The number of unbranched alkanes of at least 4 members (excludes halogenated alkanes) is 9. The Balaban J connectivity index is 4.05. The molecule has 0 aliphatic carbocycles. The fourth-order valence-electron chi connectivity index (χ4n) is 3.26. The molecule has 3 N–H and O–H groups in total. The molecule has 0 heterocycles. The van der Waals surface area contributed by atoms with Crippen molar-refractivity contribution < 1.29 is 47.8 Å². The molecular weight excluding hydrogens is 503 g/mol. The number of phosphoric ester groups is 1. The lowest BCUT2D eigenvalue weighted by Gasteiger charge is -2.20. The van der Waals surface area contributed by atoms with E-state index in [4.69, 9.17) is 18.5 Å². The van der Waals surface area contributed by atoms with Gasteiger partial charge in [-0.25, -0.2) is 4.57 Å². The standard InChI is InChI=1S/C26H49O10P/c1-3-5-7-8-9-10-11-12-13-14-15-16-18-26(30)36-24(20-28)22-34-37(31,32)33-21-23(19-27)35-25(29)17-6-4-2/h9-10,23-24,27-28H,3-8,11-22H2,1-2H3,(H,31,32)/b10-9-. The van der Waals surface area contributed by atoms with Crippen LogP contribution in [0.25, 0.3) is 0 Å². The molecule has 0 aliphatic rings. The zero-order valence-corrected chi connectivity index (χ0v) is 23.6. The Labute approximate surface area is 222 Å². The molecule has 0 fully saturated rings. The van der Waals surface area contributed by atoms with E-state index >= 15 is 0 Å². The Kier molecular flexibility index (Phi) is 23.0. The van der Waals surface area contributed by atoms with Crippen LogP contribution in [0.3, 0.4) is 0 Å². The molecule has 0 aromatic carbocycles. The Morgan fingerprint density at radius 2 is 1.14 bits per heavy atom. The number of carbonyl (C=O) groups excluding carboxylic acids is 2. The maximum Gasteiger partial charge on any atom is 0.472 e. The highest BCUT2D eigenvalue weighted by molar-refractivity contribution is 7.47. The number of hydrogen-bond donors (Lipinski definition) is 3. The minimum Gasteiger partial charge on any atom is -0.457 e. The first-order valence-electron chi connectivity index (χ1n) is 13.6. The molecular formula is C26H49O10P. The van der Waals surface area contributed by atoms with Gasteiger partial charge in [-0.15, -0.1) is 0 Å². The van der Waals surface area contributed by atoms with E-state index in [9.17, 15) is 29.3 Å². The van der Waals surface area contributed by atoms with E-state index in [-0.39, 0.29) is 12.8 Å². The van der Waals surface area contributed by atoms with E-state index in [1.54, 1.807) is 0 Å². The molecule has 218 valence electrons. The van der Waals surface area contributed by atoms with E-state index in [1.807, 2.05) is 6.92 Å². The van der Waals surface area contributed by atoms with Crippen LogP contribution in [0.5, 0.6) is 0 Å². The highest BCUT2D eigenvalue weighted by atomic mass is 31.2. The van der Waals surface area contributed by atoms with Gasteiger partial charge in [-0.3, -0.25) is 18.6 Å². The van der Waals surface area contributed by atoms with Gasteiger partial charge in [-0.05, 0) is 38.5 Å². The Bertz CT molecular complexity index is 655. The number of rotatable bonds is 25. The second-order valence-electron chi connectivity index (χ2n) is 9.03. The van der Waals surface area contributed by atoms with Crippen molar-refractivity contribution in [2.24, 2.45) is 0 Å². The molecule has 0 bridgehead atoms. The molecule has 0 rings (SSSR count). The third kappa shape index (κ3) is 22.4. The quantitative estimate of drug-likeness (QED) is 0.0612. The lowest BCUT2D eigenvalue weighted by atomic mass is 10.1. The van der Waals surface area contributed by atoms with Gasteiger partial charge in [-0.1, -0.05) is 64.5 Å². The summed E-state index contributed by atoms with van der Waals surface area (Å²) >= 11 is 0. The topological polar surface area (TPSA) is 149 Å². The molecule has 11 heteroatoms. The highest BCUT2D eigenvalue weighted by Crippen LogP contribution is 2.43. The van der Waals surface area contributed by atoms with Crippen LogP contribution < -0.4 is 0 Å². The maximum atomic E-state index is 12.1. The summed E-state index contributed by atoms with van der Waals surface area (Å²) in [7, 11) is -4.59. The molecule has 3 unspecified atom stereocenters. The molecule has 0 amide bonds. The first-order chi connectivity index (χ1) is 17.8. The molecule has 0 spiro atoms. The van der Waals surface area contributed by atoms with Crippen LogP contribution in [0.2, 0.25) is 0 Å². The summed E-state index contributed by atoms with van der Waals surface area (Å²) in [5.41, 5.74) is 0. The van der Waals surface area contributed by atoms with Crippen LogP contribution in [0.1, 0.15) is 104 Å². The minimum absolute atomic E-state index is 0.167. The molecule has 3 atom stereocenters. The second kappa shape index (κ2) is 23.8. The highest BCUT2D eigenvalue weighted by Gasteiger charge is 2.27. The number of esters is 2. The van der Waals surface area contributed by atoms with Gasteiger partial charge in [0.15, 0.2) is 0 Å². The van der Waals surface area contributed by atoms with Crippen molar-refractivity contribution in [3.05, 3.63) is 12.2 Å². The predicted molar refractivity (Wildman–Crippen MR) is 141 cm³/mol. The summed E-state index contributed by atoms with van der Waals surface area (Å²) in [5, 5.41) is 18.7. The average Bonchev–Trinajstić information content (AvgIpc) is 2.88. The number of hydrogen-bond acceptors (Lipinski definition) is 9.